The SMILES string of the molecule is C[Si](C)(C)CCC[Si](C)(C)CCCOC(=O)OCCC[Si](C)(C)CCC[Si](C)(C)C. The van der Waals surface area contributed by atoms with Crippen molar-refractivity contribution in [2.75, 3.05) is 13.2 Å². The Hall–Kier alpha value is 0.138. The van der Waals surface area contributed by atoms with Crippen molar-refractivity contribution in [2.24, 2.45) is 0 Å². The third kappa shape index (κ3) is 20.1. The largest absolute Gasteiger partial charge is 0.508 e. The van der Waals surface area contributed by atoms with Crippen molar-refractivity contribution in [1.29, 1.82) is 0 Å². The van der Waals surface area contributed by atoms with Gasteiger partial charge in [-0.25, -0.2) is 4.79 Å². The molecule has 0 fully saturated rings. The molecule has 0 aliphatic rings. The highest BCUT2D eigenvalue weighted by atomic mass is 28.3. The Bertz CT molecular complexity index is 438. The van der Waals surface area contributed by atoms with E-state index in [1.165, 1.54) is 49.1 Å². The first-order chi connectivity index (χ1) is 13.5. The van der Waals surface area contributed by atoms with Crippen LogP contribution in [0.2, 0.25) is 102 Å². The van der Waals surface area contributed by atoms with Crippen LogP contribution in [-0.4, -0.2) is 51.7 Å². The normalized spacial score (nSPS) is 13.4. The van der Waals surface area contributed by atoms with Crippen LogP contribution in [0.4, 0.5) is 4.79 Å². The highest BCUT2D eigenvalue weighted by Gasteiger charge is 2.23. The molecule has 0 saturated carbocycles. The van der Waals surface area contributed by atoms with Crippen LogP contribution in [0.5, 0.6) is 0 Å². The molecule has 0 aromatic heterocycles. The zero-order valence-electron chi connectivity index (χ0n) is 22.2. The number of hydrogen-bond donors (Lipinski definition) is 0. The van der Waals surface area contributed by atoms with Crippen LogP contribution in [0, 0.1) is 0 Å². The average Bonchev–Trinajstić information content (AvgIpc) is 2.53. The highest BCUT2D eigenvalue weighted by molar-refractivity contribution is 6.79. The first-order valence-corrected chi connectivity index (χ1v) is 26.6. The lowest BCUT2D eigenvalue weighted by Gasteiger charge is -2.24. The Kier molecular flexibility index (Phi) is 13.7. The molecule has 180 valence electrons. The standard InChI is InChI=1S/C23H54O3Si4/c1-27(2,3)17-13-21-29(7,8)19-11-15-25-23(24)26-16-12-20-30(9,10)22-14-18-28(4,5)6/h11-22H2,1-10H3. The van der Waals surface area contributed by atoms with Crippen molar-refractivity contribution in [3.05, 3.63) is 0 Å². The maximum Gasteiger partial charge on any atom is 0.508 e. The molecule has 0 spiro atoms. The summed E-state index contributed by atoms with van der Waals surface area (Å²) in [7, 11) is -4.13. The van der Waals surface area contributed by atoms with E-state index < -0.39 is 38.5 Å². The summed E-state index contributed by atoms with van der Waals surface area (Å²) >= 11 is 0. The van der Waals surface area contributed by atoms with Crippen LogP contribution in [0.25, 0.3) is 0 Å². The van der Waals surface area contributed by atoms with E-state index in [-0.39, 0.29) is 0 Å². The van der Waals surface area contributed by atoms with Gasteiger partial charge in [-0.3, -0.25) is 0 Å². The smallest absolute Gasteiger partial charge is 0.434 e. The lowest BCUT2D eigenvalue weighted by Crippen LogP contribution is -2.27. The minimum absolute atomic E-state index is 0.466. The summed E-state index contributed by atoms with van der Waals surface area (Å²) in [6.45, 7) is 25.7. The zero-order valence-corrected chi connectivity index (χ0v) is 26.2. The number of carbonyl (C=O) groups excluding carboxylic acids is 1. The van der Waals surface area contributed by atoms with E-state index in [4.69, 9.17) is 9.47 Å². The Morgan fingerprint density at radius 3 is 1.10 bits per heavy atom. The van der Waals surface area contributed by atoms with Crippen LogP contribution in [-0.2, 0) is 9.47 Å². The summed E-state index contributed by atoms with van der Waals surface area (Å²) in [5.41, 5.74) is 0. The third-order valence-electron chi connectivity index (χ3n) is 6.00. The van der Waals surface area contributed by atoms with Crippen molar-refractivity contribution in [1.82, 2.24) is 0 Å². The molecule has 0 radical (unpaired) electrons. The van der Waals surface area contributed by atoms with Gasteiger partial charge in [-0.05, 0) is 12.8 Å². The van der Waals surface area contributed by atoms with Crippen LogP contribution in [0.1, 0.15) is 25.7 Å². The molecule has 0 rings (SSSR count). The molecule has 0 aliphatic heterocycles. The Balaban J connectivity index is 3.83. The fourth-order valence-corrected chi connectivity index (χ4v) is 12.1. The van der Waals surface area contributed by atoms with Gasteiger partial charge in [0.1, 0.15) is 0 Å². The summed E-state index contributed by atoms with van der Waals surface area (Å²) in [6, 6.07) is 8.15. The molecule has 0 aliphatic carbocycles. The first kappa shape index (κ1) is 30.1. The van der Waals surface area contributed by atoms with Gasteiger partial charge in [0.15, 0.2) is 0 Å². The third-order valence-corrected chi connectivity index (χ3v) is 16.5. The maximum absolute atomic E-state index is 11.8. The summed E-state index contributed by atoms with van der Waals surface area (Å²) in [6.07, 6.45) is 4.27. The Morgan fingerprint density at radius 1 is 0.500 bits per heavy atom. The molecule has 30 heavy (non-hydrogen) atoms. The molecule has 0 aromatic carbocycles. The predicted molar refractivity (Wildman–Crippen MR) is 146 cm³/mol. The van der Waals surface area contributed by atoms with Gasteiger partial charge in [0.05, 0.1) is 13.2 Å². The minimum Gasteiger partial charge on any atom is -0.434 e. The van der Waals surface area contributed by atoms with E-state index in [1.807, 2.05) is 0 Å². The van der Waals surface area contributed by atoms with Crippen LogP contribution >= 0.6 is 0 Å². The molecular formula is C23H54O3Si4. The predicted octanol–water partition coefficient (Wildman–Crippen LogP) is 8.79. The topological polar surface area (TPSA) is 35.5 Å². The summed E-state index contributed by atoms with van der Waals surface area (Å²) in [5, 5.41) is 0. The molecular weight excluding hydrogens is 437 g/mol. The van der Waals surface area contributed by atoms with Gasteiger partial charge in [0.2, 0.25) is 0 Å². The molecule has 7 heteroatoms. The fraction of sp³-hybridized carbons (Fsp3) is 0.957. The van der Waals surface area contributed by atoms with Crippen LogP contribution in [0.15, 0.2) is 0 Å². The average molecular weight is 491 g/mol. The molecule has 0 atom stereocenters. The Morgan fingerprint density at radius 2 is 0.800 bits per heavy atom. The van der Waals surface area contributed by atoms with Gasteiger partial charge in [0.25, 0.3) is 0 Å². The van der Waals surface area contributed by atoms with Crippen LogP contribution < -0.4 is 0 Å². The highest BCUT2D eigenvalue weighted by Crippen LogP contribution is 2.24. The van der Waals surface area contributed by atoms with Gasteiger partial charge in [0, 0.05) is 32.3 Å². The molecule has 0 N–H and O–H groups in total. The van der Waals surface area contributed by atoms with E-state index in [1.54, 1.807) is 0 Å². The Labute approximate surface area is 193 Å². The van der Waals surface area contributed by atoms with Gasteiger partial charge in [-0.1, -0.05) is 115 Å². The molecule has 0 heterocycles. The molecule has 0 bridgehead atoms. The lowest BCUT2D eigenvalue weighted by molar-refractivity contribution is 0.0553. The van der Waals surface area contributed by atoms with Crippen molar-refractivity contribution in [3.63, 3.8) is 0 Å². The van der Waals surface area contributed by atoms with Crippen molar-refractivity contribution in [3.8, 4) is 0 Å². The van der Waals surface area contributed by atoms with E-state index in [2.05, 4.69) is 65.5 Å². The van der Waals surface area contributed by atoms with E-state index >= 15 is 0 Å². The maximum atomic E-state index is 11.8. The van der Waals surface area contributed by atoms with Crippen LogP contribution in [0.3, 0.4) is 0 Å². The van der Waals surface area contributed by atoms with Crippen molar-refractivity contribution >= 4 is 38.5 Å². The first-order valence-electron chi connectivity index (χ1n) is 12.3. The quantitative estimate of drug-likeness (QED) is 0.123. The number of carbonyl (C=O) groups is 1. The monoisotopic (exact) mass is 490 g/mol. The zero-order chi connectivity index (χ0) is 23.5. The molecule has 0 amide bonds. The van der Waals surface area contributed by atoms with Crippen molar-refractivity contribution in [2.45, 2.75) is 127 Å². The van der Waals surface area contributed by atoms with Gasteiger partial charge in [-0.15, -0.1) is 0 Å². The summed E-state index contributed by atoms with van der Waals surface area (Å²) in [5.74, 6) is 0. The second kappa shape index (κ2) is 13.6. The fourth-order valence-electron chi connectivity index (χ4n) is 3.90. The molecule has 0 aromatic rings. The second-order valence-electron chi connectivity index (χ2n) is 13.3. The molecule has 0 unspecified atom stereocenters. The van der Waals surface area contributed by atoms with Crippen molar-refractivity contribution < 1.29 is 14.3 Å². The number of ether oxygens (including phenoxy) is 2. The summed E-state index contributed by atoms with van der Waals surface area (Å²) in [4.78, 5) is 11.8. The molecule has 0 saturated heterocycles. The van der Waals surface area contributed by atoms with Gasteiger partial charge in [-0.2, -0.15) is 0 Å². The van der Waals surface area contributed by atoms with E-state index in [0.29, 0.717) is 13.2 Å². The van der Waals surface area contributed by atoms with E-state index in [0.717, 1.165) is 12.8 Å². The van der Waals surface area contributed by atoms with E-state index in [9.17, 15) is 4.79 Å². The summed E-state index contributed by atoms with van der Waals surface area (Å²) < 4.78 is 10.6. The second-order valence-corrected chi connectivity index (χ2v) is 35.2. The van der Waals surface area contributed by atoms with Gasteiger partial charge >= 0.3 is 6.16 Å². The number of rotatable bonds is 16. The number of hydrogen-bond acceptors (Lipinski definition) is 3. The minimum atomic E-state index is -1.15. The van der Waals surface area contributed by atoms with Gasteiger partial charge < -0.3 is 9.47 Å². The lowest BCUT2D eigenvalue weighted by atomic mass is 10.5. The molecule has 3 nitrogen and oxygen atoms in total.